The van der Waals surface area contributed by atoms with Crippen molar-refractivity contribution in [3.8, 4) is 5.75 Å². The van der Waals surface area contributed by atoms with Gasteiger partial charge < -0.3 is 14.1 Å². The predicted molar refractivity (Wildman–Crippen MR) is 99.4 cm³/mol. The van der Waals surface area contributed by atoms with Gasteiger partial charge in [-0.2, -0.15) is 0 Å². The largest absolute Gasteiger partial charge is 0.486 e. The Kier molecular flexibility index (Phi) is 5.73. The third-order valence-electron chi connectivity index (χ3n) is 3.75. The molecule has 4 nitrogen and oxygen atoms in total. The Morgan fingerprint density at radius 2 is 1.77 bits per heavy atom. The van der Waals surface area contributed by atoms with Gasteiger partial charge in [-0.25, -0.2) is 4.39 Å². The van der Waals surface area contributed by atoms with Crippen LogP contribution in [0.2, 0.25) is 0 Å². The molecule has 1 aromatic heterocycles. The number of benzene rings is 2. The predicted octanol–water partition coefficient (Wildman–Crippen LogP) is 5.03. The van der Waals surface area contributed by atoms with E-state index in [2.05, 4.69) is 15.9 Å². The van der Waals surface area contributed by atoms with Gasteiger partial charge in [-0.15, -0.1) is 0 Å². The fourth-order valence-corrected chi connectivity index (χ4v) is 2.64. The third-order valence-corrected chi connectivity index (χ3v) is 4.28. The van der Waals surface area contributed by atoms with Gasteiger partial charge in [0.25, 0.3) is 5.91 Å². The minimum Gasteiger partial charge on any atom is -0.486 e. The summed E-state index contributed by atoms with van der Waals surface area (Å²) < 4.78 is 25.0. The second-order valence-electron chi connectivity index (χ2n) is 5.80. The molecule has 0 saturated heterocycles. The van der Waals surface area contributed by atoms with E-state index in [4.69, 9.17) is 9.15 Å². The van der Waals surface area contributed by atoms with Gasteiger partial charge in [0, 0.05) is 18.1 Å². The number of carbonyl (C=O) groups is 1. The molecule has 3 aromatic rings. The summed E-state index contributed by atoms with van der Waals surface area (Å²) in [5.74, 6) is 0.776. The van der Waals surface area contributed by atoms with Crippen LogP contribution in [0.15, 0.2) is 69.6 Å². The molecule has 0 aliphatic carbocycles. The van der Waals surface area contributed by atoms with Gasteiger partial charge in [-0.05, 0) is 54.1 Å². The van der Waals surface area contributed by atoms with Crippen LogP contribution in [0.3, 0.4) is 0 Å². The van der Waals surface area contributed by atoms with Gasteiger partial charge in [0.05, 0.1) is 0 Å². The Morgan fingerprint density at radius 1 is 1.08 bits per heavy atom. The monoisotopic (exact) mass is 417 g/mol. The molecule has 0 spiro atoms. The van der Waals surface area contributed by atoms with E-state index < -0.39 is 0 Å². The SMILES string of the molecule is CN(Cc1ccc(Br)cc1)C(=O)c1ccc(COc2ccc(F)cc2)o1. The lowest BCUT2D eigenvalue weighted by Gasteiger charge is -2.15. The lowest BCUT2D eigenvalue weighted by atomic mass is 10.2. The fourth-order valence-electron chi connectivity index (χ4n) is 2.38. The highest BCUT2D eigenvalue weighted by Crippen LogP contribution is 2.17. The van der Waals surface area contributed by atoms with Crippen molar-refractivity contribution in [1.29, 1.82) is 0 Å². The second-order valence-corrected chi connectivity index (χ2v) is 6.71. The molecule has 26 heavy (non-hydrogen) atoms. The summed E-state index contributed by atoms with van der Waals surface area (Å²) in [6.45, 7) is 0.642. The first-order chi connectivity index (χ1) is 12.5. The summed E-state index contributed by atoms with van der Waals surface area (Å²) >= 11 is 3.39. The average Bonchev–Trinajstić information content (AvgIpc) is 3.11. The number of halogens is 2. The van der Waals surface area contributed by atoms with E-state index in [1.54, 1.807) is 24.1 Å². The first-order valence-corrected chi connectivity index (χ1v) is 8.77. The van der Waals surface area contributed by atoms with E-state index in [0.717, 1.165) is 10.0 Å². The van der Waals surface area contributed by atoms with Gasteiger partial charge in [-0.3, -0.25) is 4.79 Å². The average molecular weight is 418 g/mol. The molecule has 6 heteroatoms. The van der Waals surface area contributed by atoms with Crippen molar-refractivity contribution in [3.05, 3.63) is 88.0 Å². The number of hydrogen-bond acceptors (Lipinski definition) is 3. The van der Waals surface area contributed by atoms with Gasteiger partial charge in [-0.1, -0.05) is 28.1 Å². The molecule has 134 valence electrons. The van der Waals surface area contributed by atoms with Crippen LogP contribution in [0, 0.1) is 5.82 Å². The van der Waals surface area contributed by atoms with Crippen molar-refractivity contribution >= 4 is 21.8 Å². The van der Waals surface area contributed by atoms with Crippen LogP contribution in [-0.2, 0) is 13.2 Å². The van der Waals surface area contributed by atoms with Gasteiger partial charge in [0.2, 0.25) is 0 Å². The van der Waals surface area contributed by atoms with E-state index in [1.807, 2.05) is 24.3 Å². The van der Waals surface area contributed by atoms with Crippen molar-refractivity contribution < 1.29 is 18.3 Å². The number of ether oxygens (including phenoxy) is 1. The Hall–Kier alpha value is -2.60. The standard InChI is InChI=1S/C20H17BrFNO3/c1-23(12-14-2-4-15(21)5-3-14)20(24)19-11-10-18(26-19)13-25-17-8-6-16(22)7-9-17/h2-11H,12-13H2,1H3. The van der Waals surface area contributed by atoms with E-state index >= 15 is 0 Å². The molecular formula is C20H17BrFNO3. The summed E-state index contributed by atoms with van der Waals surface area (Å²) in [6.07, 6.45) is 0. The summed E-state index contributed by atoms with van der Waals surface area (Å²) in [4.78, 5) is 14.1. The van der Waals surface area contributed by atoms with Crippen LogP contribution in [-0.4, -0.2) is 17.9 Å². The Morgan fingerprint density at radius 3 is 2.46 bits per heavy atom. The zero-order valence-electron chi connectivity index (χ0n) is 14.1. The number of nitrogens with zero attached hydrogens (tertiary/aromatic N) is 1. The molecule has 3 rings (SSSR count). The zero-order valence-corrected chi connectivity index (χ0v) is 15.7. The molecule has 0 bridgehead atoms. The number of amides is 1. The highest BCUT2D eigenvalue weighted by Gasteiger charge is 2.16. The van der Waals surface area contributed by atoms with E-state index in [-0.39, 0.29) is 24.1 Å². The maximum atomic E-state index is 12.9. The fraction of sp³-hybridized carbons (Fsp3) is 0.150. The maximum absolute atomic E-state index is 12.9. The third kappa shape index (κ3) is 4.73. The Balaban J connectivity index is 1.58. The normalized spacial score (nSPS) is 10.6. The van der Waals surface area contributed by atoms with Gasteiger partial charge in [0.1, 0.15) is 23.9 Å². The van der Waals surface area contributed by atoms with Crippen molar-refractivity contribution in [3.63, 3.8) is 0 Å². The van der Waals surface area contributed by atoms with Crippen LogP contribution in [0.25, 0.3) is 0 Å². The summed E-state index contributed by atoms with van der Waals surface area (Å²) in [5, 5.41) is 0. The zero-order chi connectivity index (χ0) is 18.5. The second kappa shape index (κ2) is 8.19. The van der Waals surface area contributed by atoms with E-state index in [0.29, 0.717) is 18.1 Å². The summed E-state index contributed by atoms with van der Waals surface area (Å²) in [5.41, 5.74) is 1.02. The van der Waals surface area contributed by atoms with Gasteiger partial charge >= 0.3 is 0 Å². The highest BCUT2D eigenvalue weighted by molar-refractivity contribution is 9.10. The van der Waals surface area contributed by atoms with Crippen molar-refractivity contribution in [2.24, 2.45) is 0 Å². The number of carbonyl (C=O) groups excluding carboxylic acids is 1. The molecule has 0 N–H and O–H groups in total. The highest BCUT2D eigenvalue weighted by atomic mass is 79.9. The molecule has 0 aliphatic heterocycles. The van der Waals surface area contributed by atoms with Crippen molar-refractivity contribution in [1.82, 2.24) is 4.90 Å². The topological polar surface area (TPSA) is 42.7 Å². The van der Waals surface area contributed by atoms with Crippen LogP contribution in [0.1, 0.15) is 21.9 Å². The molecule has 2 aromatic carbocycles. The lowest BCUT2D eigenvalue weighted by molar-refractivity contribution is 0.0749. The Bertz CT molecular complexity index is 875. The molecule has 1 amide bonds. The van der Waals surface area contributed by atoms with Gasteiger partial charge in [0.15, 0.2) is 5.76 Å². The molecule has 0 fully saturated rings. The maximum Gasteiger partial charge on any atom is 0.289 e. The number of hydrogen-bond donors (Lipinski definition) is 0. The Labute approximate surface area is 159 Å². The van der Waals surface area contributed by atoms with Crippen molar-refractivity contribution in [2.45, 2.75) is 13.2 Å². The van der Waals surface area contributed by atoms with Crippen LogP contribution < -0.4 is 4.74 Å². The quantitative estimate of drug-likeness (QED) is 0.564. The summed E-state index contributed by atoms with van der Waals surface area (Å²) in [6, 6.07) is 16.8. The molecule has 0 aliphatic rings. The number of rotatable bonds is 6. The molecule has 0 atom stereocenters. The molecular weight excluding hydrogens is 401 g/mol. The smallest absolute Gasteiger partial charge is 0.289 e. The van der Waals surface area contributed by atoms with E-state index in [9.17, 15) is 9.18 Å². The minimum atomic E-state index is -0.322. The van der Waals surface area contributed by atoms with Crippen molar-refractivity contribution in [2.75, 3.05) is 7.05 Å². The molecule has 0 unspecified atom stereocenters. The molecule has 0 radical (unpaired) electrons. The number of furan rings is 1. The molecule has 0 saturated carbocycles. The van der Waals surface area contributed by atoms with Crippen LogP contribution in [0.5, 0.6) is 5.75 Å². The van der Waals surface area contributed by atoms with Crippen LogP contribution in [0.4, 0.5) is 4.39 Å². The van der Waals surface area contributed by atoms with Crippen LogP contribution >= 0.6 is 15.9 Å². The first-order valence-electron chi connectivity index (χ1n) is 7.98. The minimum absolute atomic E-state index is 0.162. The van der Waals surface area contributed by atoms with E-state index in [1.165, 1.54) is 24.3 Å². The lowest BCUT2D eigenvalue weighted by Crippen LogP contribution is -2.25. The summed E-state index contributed by atoms with van der Waals surface area (Å²) in [7, 11) is 1.72. The first kappa shape index (κ1) is 18.2. The molecule has 1 heterocycles.